The Morgan fingerprint density at radius 2 is 0.907 bits per heavy atom. The number of nitrogens with two attached hydrogens (primary N) is 3. The fourth-order valence-corrected chi connectivity index (χ4v) is 12.2. The highest BCUT2D eigenvalue weighted by Gasteiger charge is 2.35. The molecule has 0 fully saturated rings. The number of hydrogen-bond donors (Lipinski definition) is 7. The maximum Gasteiger partial charge on any atom is 0.323 e. The number of nitrogens with one attached hydrogen (secondary N) is 4. The molecule has 0 bridgehead atoms. The molecule has 2 aromatic heterocycles. The number of halogens is 1. The van der Waals surface area contributed by atoms with Gasteiger partial charge in [-0.3, -0.25) is 44.2 Å². The lowest BCUT2D eigenvalue weighted by atomic mass is 9.96. The number of hydrogen-bond acceptors (Lipinski definition) is 25. The molecule has 0 saturated heterocycles. The molecule has 6 aromatic rings. The van der Waals surface area contributed by atoms with E-state index < -0.39 is 50.1 Å². The smallest absolute Gasteiger partial charge is 0.323 e. The first-order chi connectivity index (χ1) is 50.2. The average Bonchev–Trinajstić information content (AvgIpc) is 0.783. The van der Waals surface area contributed by atoms with Gasteiger partial charge in [0.15, 0.2) is 0 Å². The van der Waals surface area contributed by atoms with Crippen molar-refractivity contribution in [1.82, 2.24) is 19.9 Å². The number of nitrogens with zero attached hydrogens (tertiary/aromatic N) is 8. The molecule has 0 radical (unpaired) electrons. The van der Waals surface area contributed by atoms with E-state index in [-0.39, 0.29) is 79.2 Å². The number of rotatable bonds is 20. The Morgan fingerprint density at radius 3 is 1.36 bits per heavy atom. The summed E-state index contributed by atoms with van der Waals surface area (Å²) >= 11 is 3.24. The average molecular weight is 1560 g/mol. The molecule has 3 aliphatic rings. The third kappa shape index (κ3) is 23.7. The van der Waals surface area contributed by atoms with Gasteiger partial charge < -0.3 is 70.3 Å². The molecule has 5 heterocycles. The molecule has 0 aliphatic carbocycles. The molecule has 586 valence electrons. The number of fused-ring (bicyclic) bond motifs is 2. The zero-order valence-electron chi connectivity index (χ0n) is 63.9. The fraction of sp³-hybridized carbons (Fsp3) is 0.533. The van der Waals surface area contributed by atoms with Crippen LogP contribution in [0.2, 0.25) is 0 Å². The van der Waals surface area contributed by atoms with E-state index in [2.05, 4.69) is 87.4 Å². The number of anilines is 2. The number of benzene rings is 4. The molecule has 3 unspecified atom stereocenters. The quantitative estimate of drug-likeness (QED) is 0.00932. The van der Waals surface area contributed by atoms with Gasteiger partial charge in [0.05, 0.1) is 78.2 Å². The van der Waals surface area contributed by atoms with Crippen molar-refractivity contribution in [3.63, 3.8) is 0 Å². The van der Waals surface area contributed by atoms with Crippen LogP contribution >= 0.6 is 15.9 Å². The van der Waals surface area contributed by atoms with Crippen molar-refractivity contribution >= 4 is 102 Å². The SMILES string of the molecule is C.CCOC(=O)C(N)Cc1c(C)c(C)cc2[nH]c(=O)c(=O)[nH]c12.CCOC1=N[C@@H](C(C)C)C(OCC)=NC1.CCOC1=N[C@H](C(C)C)C(OCC)=NC1Cc1c(C)ccc([N+](=O)[O-])c1N.CCOC1=N[C@H](C(C)C)C(OCC)=NC1Cc1c(C)ccc2[nH]c(=O)c(=O)[nH]c12.Cc1ccc([N+](=O)[O-])c(N)c1CBr. The Kier molecular flexibility index (Phi) is 35.3. The largest absolute Gasteiger partial charge is 0.480 e. The minimum Gasteiger partial charge on any atom is -0.480 e. The zero-order valence-corrected chi connectivity index (χ0v) is 65.5. The summed E-state index contributed by atoms with van der Waals surface area (Å²) in [6, 6.07) is 9.73. The van der Waals surface area contributed by atoms with Crippen LogP contribution in [0.1, 0.15) is 148 Å². The molecule has 9 rings (SSSR count). The van der Waals surface area contributed by atoms with Gasteiger partial charge in [0.25, 0.3) is 11.4 Å². The number of H-pyrrole nitrogens is 4. The molecule has 32 heteroatoms. The molecule has 107 heavy (non-hydrogen) atoms. The lowest BCUT2D eigenvalue weighted by Gasteiger charge is -2.28. The van der Waals surface area contributed by atoms with Gasteiger partial charge in [-0.2, -0.15) is 0 Å². The first-order valence-corrected chi connectivity index (χ1v) is 36.6. The molecule has 31 nitrogen and oxygen atoms in total. The number of aliphatic imine (C=N–C) groups is 6. The van der Waals surface area contributed by atoms with Gasteiger partial charge in [0.2, 0.25) is 35.4 Å². The van der Waals surface area contributed by atoms with Gasteiger partial charge in [-0.15, -0.1) is 0 Å². The number of aromatic nitrogens is 4. The maximum atomic E-state index is 11.9. The summed E-state index contributed by atoms with van der Waals surface area (Å²) in [4.78, 5) is 118. The summed E-state index contributed by atoms with van der Waals surface area (Å²) in [6.45, 7) is 39.2. The van der Waals surface area contributed by atoms with Gasteiger partial charge in [0.1, 0.15) is 54.2 Å². The molecular weight excluding hydrogens is 1450 g/mol. The second kappa shape index (κ2) is 42.3. The van der Waals surface area contributed by atoms with E-state index in [1.165, 1.54) is 12.1 Å². The van der Waals surface area contributed by atoms with Crippen LogP contribution in [0.5, 0.6) is 0 Å². The van der Waals surface area contributed by atoms with E-state index in [1.54, 1.807) is 31.2 Å². The van der Waals surface area contributed by atoms with Crippen LogP contribution in [0.15, 0.2) is 91.6 Å². The van der Waals surface area contributed by atoms with Crippen LogP contribution < -0.4 is 39.4 Å². The predicted molar refractivity (Wildman–Crippen MR) is 427 cm³/mol. The van der Waals surface area contributed by atoms with Crippen molar-refractivity contribution in [3.8, 4) is 0 Å². The number of nitro groups is 2. The fourth-order valence-electron chi connectivity index (χ4n) is 11.5. The number of nitro benzene ring substituents is 2. The van der Waals surface area contributed by atoms with Crippen LogP contribution in [0.3, 0.4) is 0 Å². The molecule has 0 amide bonds. The number of aromatic amines is 4. The van der Waals surface area contributed by atoms with E-state index in [9.17, 15) is 44.2 Å². The van der Waals surface area contributed by atoms with E-state index in [0.717, 1.165) is 56.3 Å². The van der Waals surface area contributed by atoms with Crippen molar-refractivity contribution in [2.45, 2.75) is 193 Å². The normalized spacial score (nSPS) is 16.8. The highest BCUT2D eigenvalue weighted by atomic mass is 79.9. The zero-order chi connectivity index (χ0) is 79.0. The number of nitrogen functional groups attached to an aromatic ring is 2. The molecule has 0 saturated carbocycles. The highest BCUT2D eigenvalue weighted by molar-refractivity contribution is 9.08. The maximum absolute atomic E-state index is 11.9. The van der Waals surface area contributed by atoms with E-state index in [0.29, 0.717) is 121 Å². The highest BCUT2D eigenvalue weighted by Crippen LogP contribution is 2.33. The number of aryl methyl sites for hydroxylation is 4. The molecule has 4 aromatic carbocycles. The number of carbonyl (C=O) groups is 1. The van der Waals surface area contributed by atoms with Crippen LogP contribution in [-0.2, 0) is 62.5 Å². The van der Waals surface area contributed by atoms with Crippen LogP contribution in [-0.4, -0.2) is 160 Å². The van der Waals surface area contributed by atoms with E-state index >= 15 is 0 Å². The lowest BCUT2D eigenvalue weighted by Crippen LogP contribution is -2.39. The standard InChI is InChI=1S/C21H28N4O4.C19H28N4O4.C15H19N3O4.C11H20N2O2.C8H9BrN2O2.CH4/c1-6-28-20-15(23-21(29-7-2)16(25-20)11(3)4)10-13-12(5)8-9-14-17(13)24-19(27)18(26)22-14;1-6-26-18-14(21-19(27-7-2)17(22-18)11(3)4)10-13-12(5)8-9-15(16(13)20)23(24)25;1-4-22-15(21)10(16)6-9-8(3)7(2)5-11-12(9)18-14(20)13(19)17-11;1-5-14-9-7-12-11(15-6-2)10(13-9)8(3)4;1-5-2-3-7(11(12)13)8(10)6(5)4-9;/h8-9,11,15-16H,6-7,10H2,1-5H3,(H,22,26)(H,24,27);8-9,11,14,17H,6-7,10,20H2,1-5H3;5,10H,4,6,16H2,1-3H3,(H,17,19)(H,18,20);8,10H,5-7H2,1-4H3;2-3H,4,10H2,1H3;1H4/t15?,16-;14?,17-;;10-;;/m11.0../s1. The van der Waals surface area contributed by atoms with E-state index in [1.807, 2.05) is 82.2 Å². The second-order valence-electron chi connectivity index (χ2n) is 25.8. The van der Waals surface area contributed by atoms with Crippen molar-refractivity contribution in [2.24, 2.45) is 53.4 Å². The monoisotopic (exact) mass is 1550 g/mol. The Morgan fingerprint density at radius 1 is 0.514 bits per heavy atom. The molecule has 0 spiro atoms. The summed E-state index contributed by atoms with van der Waals surface area (Å²) in [5, 5.41) is 22.3. The first kappa shape index (κ1) is 89.3. The summed E-state index contributed by atoms with van der Waals surface area (Å²) in [7, 11) is 0. The van der Waals surface area contributed by atoms with Crippen molar-refractivity contribution in [2.75, 3.05) is 64.3 Å². The minimum absolute atomic E-state index is 0. The number of esters is 1. The topological polar surface area (TPSA) is 452 Å². The van der Waals surface area contributed by atoms with E-state index in [4.69, 9.17) is 70.3 Å². The first-order valence-electron chi connectivity index (χ1n) is 35.5. The molecule has 10 N–H and O–H groups in total. The van der Waals surface area contributed by atoms with Crippen molar-refractivity contribution < 1.29 is 47.8 Å². The summed E-state index contributed by atoms with van der Waals surface area (Å²) in [5.74, 6) is 4.04. The minimum atomic E-state index is -0.834. The third-order valence-electron chi connectivity index (χ3n) is 17.1. The van der Waals surface area contributed by atoms with Crippen molar-refractivity contribution in [1.29, 1.82) is 0 Å². The molecule has 3 aliphatic heterocycles. The van der Waals surface area contributed by atoms with Gasteiger partial charge in [-0.25, -0.2) is 30.0 Å². The lowest BCUT2D eigenvalue weighted by molar-refractivity contribution is -0.384. The van der Waals surface area contributed by atoms with Crippen molar-refractivity contribution in [3.05, 3.63) is 154 Å². The summed E-state index contributed by atoms with van der Waals surface area (Å²) in [5.41, 5.74) is 25.0. The number of carbonyl (C=O) groups excluding carboxylic acids is 1. The Balaban J connectivity index is 0.000000290. The Labute approximate surface area is 631 Å². The van der Waals surface area contributed by atoms with Gasteiger partial charge in [-0.1, -0.05) is 83.1 Å². The second-order valence-corrected chi connectivity index (χ2v) is 26.3. The molecule has 6 atom stereocenters. The Bertz CT molecular complexity index is 4520. The Hall–Kier alpha value is -10.1. The van der Waals surface area contributed by atoms with Crippen LogP contribution in [0, 0.1) is 72.6 Å². The number of ether oxygens (including phenoxy) is 7. The third-order valence-corrected chi connectivity index (χ3v) is 17.7. The van der Waals surface area contributed by atoms with Gasteiger partial charge >= 0.3 is 28.2 Å². The predicted octanol–water partition coefficient (Wildman–Crippen LogP) is 10.8. The van der Waals surface area contributed by atoms with Gasteiger partial charge in [0, 0.05) is 36.7 Å². The van der Waals surface area contributed by atoms with Crippen LogP contribution in [0.4, 0.5) is 22.7 Å². The summed E-state index contributed by atoms with van der Waals surface area (Å²) in [6.07, 6.45) is 1.04. The van der Waals surface area contributed by atoms with Crippen LogP contribution in [0.25, 0.3) is 22.1 Å². The van der Waals surface area contributed by atoms with Gasteiger partial charge in [-0.05, 0) is 163 Å². The molecular formula is C75H108BrN15O16. The number of alkyl halides is 1. The summed E-state index contributed by atoms with van der Waals surface area (Å²) < 4.78 is 38.8.